The quantitative estimate of drug-likeness (QED) is 0.383. The summed E-state index contributed by atoms with van der Waals surface area (Å²) in [5.41, 5.74) is 5.13. The van der Waals surface area contributed by atoms with Gasteiger partial charge in [-0.2, -0.15) is 9.37 Å². The van der Waals surface area contributed by atoms with E-state index < -0.39 is 5.95 Å². The maximum Gasteiger partial charge on any atom is 0.219 e. The highest BCUT2D eigenvalue weighted by Crippen LogP contribution is 2.29. The number of methoxy groups -OCH3 is 1. The number of fused-ring (bicyclic) bond motifs is 1. The number of aromatic hydroxyl groups is 1. The SMILES string of the molecule is COc1nc(F)ccc1Cc1nc2c(Cc3ccccc3)nc(-c3ccccc3)cn2c1O. The summed E-state index contributed by atoms with van der Waals surface area (Å²) in [5, 5.41) is 11.1. The highest BCUT2D eigenvalue weighted by atomic mass is 19.1. The standard InChI is InChI=1S/C26H21FN4O2/c1-33-25-19(12-13-23(27)30-25)15-21-26(32)31-16-22(18-10-6-3-7-11-18)28-20(24(31)29-21)14-17-8-4-2-5-9-17/h2-13,16,32H,14-15H2,1H3. The number of benzene rings is 2. The van der Waals surface area contributed by atoms with Crippen LogP contribution in [-0.2, 0) is 12.8 Å². The molecule has 0 spiro atoms. The number of hydrogen-bond acceptors (Lipinski definition) is 5. The zero-order valence-electron chi connectivity index (χ0n) is 17.9. The van der Waals surface area contributed by atoms with E-state index >= 15 is 0 Å². The van der Waals surface area contributed by atoms with Crippen molar-refractivity contribution in [2.75, 3.05) is 7.11 Å². The molecule has 5 aromatic rings. The number of rotatable bonds is 6. The van der Waals surface area contributed by atoms with Gasteiger partial charge in [0, 0.05) is 30.2 Å². The summed E-state index contributed by atoms with van der Waals surface area (Å²) >= 11 is 0. The fourth-order valence-corrected chi connectivity index (χ4v) is 3.86. The molecule has 0 bridgehead atoms. The molecule has 0 aliphatic heterocycles. The molecular weight excluding hydrogens is 419 g/mol. The van der Waals surface area contributed by atoms with Crippen LogP contribution in [0.25, 0.3) is 16.9 Å². The lowest BCUT2D eigenvalue weighted by molar-refractivity contribution is 0.382. The van der Waals surface area contributed by atoms with E-state index in [0.29, 0.717) is 23.3 Å². The minimum atomic E-state index is -0.628. The number of pyridine rings is 1. The number of imidazole rings is 1. The second kappa shape index (κ2) is 8.70. The summed E-state index contributed by atoms with van der Waals surface area (Å²) in [7, 11) is 1.43. The normalized spacial score (nSPS) is 11.1. The molecule has 6 nitrogen and oxygen atoms in total. The Hall–Kier alpha value is -4.26. The fourth-order valence-electron chi connectivity index (χ4n) is 3.86. The second-order valence-corrected chi connectivity index (χ2v) is 7.66. The zero-order valence-corrected chi connectivity index (χ0v) is 17.9. The maximum absolute atomic E-state index is 13.5. The monoisotopic (exact) mass is 440 g/mol. The molecule has 33 heavy (non-hydrogen) atoms. The van der Waals surface area contributed by atoms with E-state index in [1.807, 2.05) is 60.7 Å². The number of hydrogen-bond donors (Lipinski definition) is 1. The van der Waals surface area contributed by atoms with Gasteiger partial charge in [-0.3, -0.25) is 4.40 Å². The van der Waals surface area contributed by atoms with Crippen LogP contribution in [0.5, 0.6) is 11.8 Å². The third-order valence-electron chi connectivity index (χ3n) is 5.46. The van der Waals surface area contributed by atoms with Crippen LogP contribution in [0.2, 0.25) is 0 Å². The van der Waals surface area contributed by atoms with Crippen LogP contribution in [0.4, 0.5) is 4.39 Å². The van der Waals surface area contributed by atoms with E-state index in [1.165, 1.54) is 13.2 Å². The molecule has 3 heterocycles. The van der Waals surface area contributed by atoms with Gasteiger partial charge in [0.1, 0.15) is 5.69 Å². The number of ether oxygens (including phenoxy) is 1. The first-order chi connectivity index (χ1) is 16.1. The van der Waals surface area contributed by atoms with Crippen LogP contribution in [0.15, 0.2) is 79.0 Å². The van der Waals surface area contributed by atoms with E-state index in [0.717, 1.165) is 22.5 Å². The zero-order chi connectivity index (χ0) is 22.8. The Morgan fingerprint density at radius 2 is 1.58 bits per heavy atom. The molecule has 0 atom stereocenters. The number of halogens is 1. The van der Waals surface area contributed by atoms with Gasteiger partial charge in [-0.1, -0.05) is 60.7 Å². The smallest absolute Gasteiger partial charge is 0.219 e. The van der Waals surface area contributed by atoms with Crippen molar-refractivity contribution in [3.63, 3.8) is 0 Å². The largest absolute Gasteiger partial charge is 0.493 e. The summed E-state index contributed by atoms with van der Waals surface area (Å²) in [4.78, 5) is 13.4. The molecule has 0 saturated heterocycles. The average Bonchev–Trinajstić information content (AvgIpc) is 3.17. The summed E-state index contributed by atoms with van der Waals surface area (Å²) in [6, 6.07) is 22.7. The van der Waals surface area contributed by atoms with Gasteiger partial charge in [0.2, 0.25) is 17.7 Å². The van der Waals surface area contributed by atoms with Gasteiger partial charge in [0.25, 0.3) is 0 Å². The Kier molecular flexibility index (Phi) is 5.44. The molecule has 2 aromatic carbocycles. The van der Waals surface area contributed by atoms with Crippen molar-refractivity contribution in [1.29, 1.82) is 0 Å². The molecule has 7 heteroatoms. The minimum Gasteiger partial charge on any atom is -0.493 e. The van der Waals surface area contributed by atoms with E-state index in [-0.39, 0.29) is 18.2 Å². The van der Waals surface area contributed by atoms with Crippen molar-refractivity contribution < 1.29 is 14.2 Å². The fraction of sp³-hybridized carbons (Fsp3) is 0.115. The molecule has 0 radical (unpaired) electrons. The Balaban J connectivity index is 1.64. The average molecular weight is 440 g/mol. The molecule has 0 aliphatic carbocycles. The molecule has 164 valence electrons. The van der Waals surface area contributed by atoms with Crippen LogP contribution in [0.3, 0.4) is 0 Å². The van der Waals surface area contributed by atoms with Gasteiger partial charge in [-0.15, -0.1) is 0 Å². The highest BCUT2D eigenvalue weighted by Gasteiger charge is 2.19. The van der Waals surface area contributed by atoms with E-state index in [9.17, 15) is 9.50 Å². The minimum absolute atomic E-state index is 0.00488. The predicted molar refractivity (Wildman–Crippen MR) is 123 cm³/mol. The first-order valence-corrected chi connectivity index (χ1v) is 10.5. The second-order valence-electron chi connectivity index (χ2n) is 7.66. The lowest BCUT2D eigenvalue weighted by Crippen LogP contribution is -2.00. The molecule has 0 aliphatic rings. The van der Waals surface area contributed by atoms with Crippen molar-refractivity contribution in [1.82, 2.24) is 19.4 Å². The predicted octanol–water partition coefficient (Wildman–Crippen LogP) is 4.83. The molecule has 3 aromatic heterocycles. The van der Waals surface area contributed by atoms with Crippen LogP contribution in [-0.4, -0.2) is 31.6 Å². The van der Waals surface area contributed by atoms with Crippen molar-refractivity contribution in [2.24, 2.45) is 0 Å². The summed E-state index contributed by atoms with van der Waals surface area (Å²) in [6.07, 6.45) is 2.57. The van der Waals surface area contributed by atoms with E-state index in [4.69, 9.17) is 14.7 Å². The van der Waals surface area contributed by atoms with E-state index in [2.05, 4.69) is 4.98 Å². The first kappa shape index (κ1) is 20.6. The Morgan fingerprint density at radius 1 is 0.848 bits per heavy atom. The van der Waals surface area contributed by atoms with Crippen molar-refractivity contribution >= 4 is 5.65 Å². The summed E-state index contributed by atoms with van der Waals surface area (Å²) in [6.45, 7) is 0. The Morgan fingerprint density at radius 3 is 2.30 bits per heavy atom. The first-order valence-electron chi connectivity index (χ1n) is 10.5. The third-order valence-corrected chi connectivity index (χ3v) is 5.46. The van der Waals surface area contributed by atoms with Crippen molar-refractivity contribution in [3.8, 4) is 23.0 Å². The third kappa shape index (κ3) is 4.13. The molecule has 0 saturated carbocycles. The van der Waals surface area contributed by atoms with Crippen LogP contribution in [0, 0.1) is 5.95 Å². The van der Waals surface area contributed by atoms with Crippen molar-refractivity contribution in [3.05, 3.63) is 107 Å². The maximum atomic E-state index is 13.5. The molecule has 5 rings (SSSR count). The summed E-state index contributed by atoms with van der Waals surface area (Å²) < 4.78 is 20.4. The van der Waals surface area contributed by atoms with E-state index in [1.54, 1.807) is 16.7 Å². The molecule has 0 unspecified atom stereocenters. The highest BCUT2D eigenvalue weighted by molar-refractivity contribution is 5.63. The van der Waals surface area contributed by atoms with Gasteiger partial charge in [0.15, 0.2) is 5.65 Å². The molecule has 0 fully saturated rings. The van der Waals surface area contributed by atoms with Gasteiger partial charge in [-0.25, -0.2) is 9.97 Å². The van der Waals surface area contributed by atoms with Gasteiger partial charge >= 0.3 is 0 Å². The van der Waals surface area contributed by atoms with Crippen LogP contribution < -0.4 is 4.74 Å². The van der Waals surface area contributed by atoms with Crippen LogP contribution >= 0.6 is 0 Å². The van der Waals surface area contributed by atoms with Crippen molar-refractivity contribution in [2.45, 2.75) is 12.8 Å². The number of nitrogens with zero attached hydrogens (tertiary/aromatic N) is 4. The Bertz CT molecular complexity index is 1420. The lowest BCUT2D eigenvalue weighted by atomic mass is 10.1. The van der Waals surface area contributed by atoms with Gasteiger partial charge in [0.05, 0.1) is 18.5 Å². The molecular formula is C26H21FN4O2. The van der Waals surface area contributed by atoms with Crippen LogP contribution in [0.1, 0.15) is 22.5 Å². The topological polar surface area (TPSA) is 72.5 Å². The Labute approximate surface area is 190 Å². The molecule has 1 N–H and O–H groups in total. The lowest BCUT2D eigenvalue weighted by Gasteiger charge is -2.08. The van der Waals surface area contributed by atoms with Gasteiger partial charge in [-0.05, 0) is 17.7 Å². The molecule has 0 amide bonds. The number of aromatic nitrogens is 4. The van der Waals surface area contributed by atoms with Gasteiger partial charge < -0.3 is 9.84 Å². The summed E-state index contributed by atoms with van der Waals surface area (Å²) in [5.74, 6) is -0.457.